The Morgan fingerprint density at radius 3 is 2.45 bits per heavy atom. The third kappa shape index (κ3) is 4.08. The molecule has 0 radical (unpaired) electrons. The number of carbonyl (C=O) groups excluding carboxylic acids is 1. The molecule has 2 fully saturated rings. The van der Waals surface area contributed by atoms with E-state index >= 15 is 0 Å². The quantitative estimate of drug-likeness (QED) is 0.583. The number of benzene rings is 2. The minimum Gasteiger partial charge on any atom is -0.362 e. The van der Waals surface area contributed by atoms with Crippen LogP contribution >= 0.6 is 0 Å². The number of fused-ring (bicyclic) bond motifs is 2. The van der Waals surface area contributed by atoms with Gasteiger partial charge in [-0.3, -0.25) is 4.79 Å². The summed E-state index contributed by atoms with van der Waals surface area (Å²) in [6, 6.07) is 6.57. The van der Waals surface area contributed by atoms with E-state index in [2.05, 4.69) is 0 Å². The Bertz CT molecular complexity index is 1070. The molecule has 2 bridgehead atoms. The first-order chi connectivity index (χ1) is 14.8. The van der Waals surface area contributed by atoms with Gasteiger partial charge in [0.1, 0.15) is 11.6 Å². The number of amides is 1. The van der Waals surface area contributed by atoms with Gasteiger partial charge in [0.05, 0.1) is 23.4 Å². The van der Waals surface area contributed by atoms with Crippen molar-refractivity contribution >= 4 is 11.6 Å². The molecule has 2 aliphatic rings. The lowest BCUT2D eigenvalue weighted by Gasteiger charge is -2.36. The van der Waals surface area contributed by atoms with Crippen LogP contribution in [0.2, 0.25) is 0 Å². The normalized spacial score (nSPS) is 20.8. The SMILES string of the molecule is N#Cc1ccc(N2C[C@@H]3C[C@H]2CN3C(=O)C[C@H](N)Cc2cc(F)c(F)cc2F)c(F)c1. The van der Waals surface area contributed by atoms with Crippen LogP contribution in [-0.2, 0) is 11.2 Å². The van der Waals surface area contributed by atoms with Crippen molar-refractivity contribution < 1.29 is 22.4 Å². The number of nitriles is 1. The summed E-state index contributed by atoms with van der Waals surface area (Å²) in [6.45, 7) is 0.876. The fourth-order valence-electron chi connectivity index (χ4n) is 4.49. The Morgan fingerprint density at radius 1 is 1.06 bits per heavy atom. The highest BCUT2D eigenvalue weighted by Gasteiger charge is 2.45. The minimum atomic E-state index is -1.28. The fraction of sp³-hybridized carbons (Fsp3) is 0.364. The van der Waals surface area contributed by atoms with Crippen LogP contribution in [0.5, 0.6) is 0 Å². The first kappa shape index (κ1) is 21.1. The molecule has 2 heterocycles. The van der Waals surface area contributed by atoms with E-state index in [1.165, 1.54) is 6.07 Å². The maximum atomic E-state index is 14.4. The zero-order chi connectivity index (χ0) is 22.3. The molecule has 0 aliphatic carbocycles. The van der Waals surface area contributed by atoms with E-state index in [1.54, 1.807) is 17.0 Å². The third-order valence-corrected chi connectivity index (χ3v) is 5.96. The molecule has 3 atom stereocenters. The number of carbonyl (C=O) groups is 1. The highest BCUT2D eigenvalue weighted by Crippen LogP contribution is 2.36. The molecular weight excluding hydrogens is 412 g/mol. The summed E-state index contributed by atoms with van der Waals surface area (Å²) in [5, 5.41) is 8.88. The van der Waals surface area contributed by atoms with Gasteiger partial charge in [0.15, 0.2) is 11.6 Å². The molecule has 5 nitrogen and oxygen atoms in total. The van der Waals surface area contributed by atoms with Crippen molar-refractivity contribution in [1.29, 1.82) is 5.26 Å². The minimum absolute atomic E-state index is 0.0451. The molecule has 2 aromatic carbocycles. The molecule has 0 spiro atoms. The van der Waals surface area contributed by atoms with Crippen LogP contribution in [0.1, 0.15) is 24.0 Å². The van der Waals surface area contributed by atoms with Gasteiger partial charge >= 0.3 is 0 Å². The molecule has 0 saturated carbocycles. The molecule has 0 unspecified atom stereocenters. The van der Waals surface area contributed by atoms with Gasteiger partial charge in [0.2, 0.25) is 5.91 Å². The number of nitrogens with zero attached hydrogens (tertiary/aromatic N) is 3. The summed E-state index contributed by atoms with van der Waals surface area (Å²) in [4.78, 5) is 16.3. The lowest BCUT2D eigenvalue weighted by molar-refractivity contribution is -0.132. The molecule has 162 valence electrons. The second kappa shape index (κ2) is 8.19. The van der Waals surface area contributed by atoms with Crippen molar-refractivity contribution in [2.24, 2.45) is 5.73 Å². The van der Waals surface area contributed by atoms with Gasteiger partial charge in [-0.05, 0) is 42.7 Å². The van der Waals surface area contributed by atoms with Crippen LogP contribution in [0, 0.1) is 34.6 Å². The van der Waals surface area contributed by atoms with E-state index in [1.807, 2.05) is 11.0 Å². The van der Waals surface area contributed by atoms with Crippen LogP contribution in [0.15, 0.2) is 30.3 Å². The van der Waals surface area contributed by atoms with Gasteiger partial charge < -0.3 is 15.5 Å². The smallest absolute Gasteiger partial charge is 0.224 e. The van der Waals surface area contributed by atoms with Crippen molar-refractivity contribution in [3.05, 3.63) is 64.7 Å². The van der Waals surface area contributed by atoms with Crippen LogP contribution in [0.25, 0.3) is 0 Å². The summed E-state index contributed by atoms with van der Waals surface area (Å²) in [7, 11) is 0. The number of nitrogens with two attached hydrogens (primary N) is 1. The standard InChI is InChI=1S/C22H20F4N4O/c23-17-8-19(25)18(24)5-13(17)4-14(28)6-22(31)30-11-15-7-16(30)10-29(15)21-2-1-12(9-27)3-20(21)26/h1-3,5,8,14-16H,4,6-7,10-11,28H2/t14-,15+,16+/m1/s1. The maximum Gasteiger partial charge on any atom is 0.224 e. The van der Waals surface area contributed by atoms with E-state index in [4.69, 9.17) is 11.0 Å². The van der Waals surface area contributed by atoms with Gasteiger partial charge in [0.25, 0.3) is 0 Å². The average molecular weight is 432 g/mol. The predicted molar refractivity (Wildman–Crippen MR) is 105 cm³/mol. The third-order valence-electron chi connectivity index (χ3n) is 5.96. The van der Waals surface area contributed by atoms with Crippen LogP contribution in [-0.4, -0.2) is 42.0 Å². The van der Waals surface area contributed by atoms with E-state index < -0.39 is 29.3 Å². The van der Waals surface area contributed by atoms with Crippen molar-refractivity contribution in [2.75, 3.05) is 18.0 Å². The van der Waals surface area contributed by atoms with Gasteiger partial charge in [0, 0.05) is 37.7 Å². The average Bonchev–Trinajstić information content (AvgIpc) is 3.32. The molecule has 31 heavy (non-hydrogen) atoms. The largest absolute Gasteiger partial charge is 0.362 e. The number of anilines is 1. The molecule has 2 N–H and O–H groups in total. The molecule has 1 amide bonds. The second-order valence-corrected chi connectivity index (χ2v) is 8.05. The maximum absolute atomic E-state index is 14.4. The number of hydrogen-bond donors (Lipinski definition) is 1. The molecule has 9 heteroatoms. The monoisotopic (exact) mass is 432 g/mol. The van der Waals surface area contributed by atoms with Crippen molar-refractivity contribution in [1.82, 2.24) is 4.90 Å². The lowest BCUT2D eigenvalue weighted by Crippen LogP contribution is -2.50. The number of likely N-dealkylation sites (tertiary alicyclic amines) is 1. The molecule has 4 rings (SSSR count). The van der Waals surface area contributed by atoms with Crippen molar-refractivity contribution in [3.63, 3.8) is 0 Å². The molecule has 2 saturated heterocycles. The van der Waals surface area contributed by atoms with Gasteiger partial charge in [-0.2, -0.15) is 5.26 Å². The zero-order valence-corrected chi connectivity index (χ0v) is 16.5. The van der Waals surface area contributed by atoms with Crippen LogP contribution < -0.4 is 10.6 Å². The second-order valence-electron chi connectivity index (χ2n) is 8.05. The first-order valence-electron chi connectivity index (χ1n) is 9.91. The van der Waals surface area contributed by atoms with E-state index in [9.17, 15) is 22.4 Å². The highest BCUT2D eigenvalue weighted by molar-refractivity contribution is 5.78. The van der Waals surface area contributed by atoms with E-state index in [0.717, 1.165) is 6.07 Å². The van der Waals surface area contributed by atoms with E-state index in [0.29, 0.717) is 31.3 Å². The summed E-state index contributed by atoms with van der Waals surface area (Å²) < 4.78 is 54.6. The molecular formula is C22H20F4N4O. The molecule has 2 aliphatic heterocycles. The molecule has 2 aromatic rings. The Balaban J connectivity index is 1.37. The Hall–Kier alpha value is -3.12. The summed E-state index contributed by atoms with van der Waals surface area (Å²) in [5.74, 6) is -4.02. The summed E-state index contributed by atoms with van der Waals surface area (Å²) >= 11 is 0. The lowest BCUT2D eigenvalue weighted by atomic mass is 10.0. The van der Waals surface area contributed by atoms with Gasteiger partial charge in [-0.25, -0.2) is 17.6 Å². The highest BCUT2D eigenvalue weighted by atomic mass is 19.2. The summed E-state index contributed by atoms with van der Waals surface area (Å²) in [6.07, 6.45) is 0.532. The van der Waals surface area contributed by atoms with Crippen LogP contribution in [0.3, 0.4) is 0 Å². The molecule has 0 aromatic heterocycles. The summed E-state index contributed by atoms with van der Waals surface area (Å²) in [5.41, 5.74) is 6.55. The number of hydrogen-bond acceptors (Lipinski definition) is 4. The topological polar surface area (TPSA) is 73.4 Å². The number of rotatable bonds is 5. The van der Waals surface area contributed by atoms with E-state index in [-0.39, 0.29) is 42.0 Å². The first-order valence-corrected chi connectivity index (χ1v) is 9.91. The predicted octanol–water partition coefficient (Wildman–Crippen LogP) is 2.86. The van der Waals surface area contributed by atoms with Crippen molar-refractivity contribution in [2.45, 2.75) is 37.4 Å². The zero-order valence-electron chi connectivity index (χ0n) is 16.5. The van der Waals surface area contributed by atoms with Gasteiger partial charge in [-0.1, -0.05) is 0 Å². The Labute approximate surface area is 176 Å². The Morgan fingerprint density at radius 2 is 1.81 bits per heavy atom. The van der Waals surface area contributed by atoms with Crippen LogP contribution in [0.4, 0.5) is 23.2 Å². The fourth-order valence-corrected chi connectivity index (χ4v) is 4.49. The number of halogens is 4. The van der Waals surface area contributed by atoms with Gasteiger partial charge in [-0.15, -0.1) is 0 Å². The van der Waals surface area contributed by atoms with Crippen molar-refractivity contribution in [3.8, 4) is 6.07 Å². The number of piperazine rings is 1. The Kier molecular flexibility index (Phi) is 5.58.